The molecule has 0 saturated heterocycles. The lowest BCUT2D eigenvalue weighted by Crippen LogP contribution is -2.28. The van der Waals surface area contributed by atoms with Gasteiger partial charge in [0.1, 0.15) is 6.61 Å². The maximum absolute atomic E-state index is 12.2. The zero-order valence-corrected chi connectivity index (χ0v) is 17.0. The molecule has 0 fully saturated rings. The van der Waals surface area contributed by atoms with E-state index in [1.54, 1.807) is 38.0 Å². The van der Waals surface area contributed by atoms with E-state index in [4.69, 9.17) is 9.47 Å². The predicted octanol–water partition coefficient (Wildman–Crippen LogP) is 3.14. The van der Waals surface area contributed by atoms with Gasteiger partial charge in [-0.05, 0) is 48.4 Å². The van der Waals surface area contributed by atoms with Crippen LogP contribution in [0.5, 0.6) is 11.5 Å². The van der Waals surface area contributed by atoms with Crippen LogP contribution in [0.4, 0.5) is 5.95 Å². The van der Waals surface area contributed by atoms with Gasteiger partial charge < -0.3 is 20.1 Å². The van der Waals surface area contributed by atoms with Crippen LogP contribution in [-0.2, 0) is 11.4 Å². The summed E-state index contributed by atoms with van der Waals surface area (Å²) in [6, 6.07) is 11.0. The number of benzene rings is 1. The first-order chi connectivity index (χ1) is 14.7. The van der Waals surface area contributed by atoms with Gasteiger partial charge in [0, 0.05) is 37.8 Å². The van der Waals surface area contributed by atoms with Crippen LogP contribution in [0, 0.1) is 0 Å². The summed E-state index contributed by atoms with van der Waals surface area (Å²) >= 11 is 0. The molecule has 0 aliphatic heterocycles. The molecule has 0 aliphatic rings. The molecule has 2 heterocycles. The van der Waals surface area contributed by atoms with E-state index in [-0.39, 0.29) is 11.9 Å². The molecule has 0 aliphatic carbocycles. The summed E-state index contributed by atoms with van der Waals surface area (Å²) in [5.74, 6) is 1.70. The third-order valence-electron chi connectivity index (χ3n) is 4.41. The lowest BCUT2D eigenvalue weighted by molar-refractivity contribution is -0.121. The van der Waals surface area contributed by atoms with Crippen molar-refractivity contribution < 1.29 is 14.3 Å². The highest BCUT2D eigenvalue weighted by atomic mass is 16.5. The summed E-state index contributed by atoms with van der Waals surface area (Å²) in [7, 11) is 1.60. The summed E-state index contributed by atoms with van der Waals surface area (Å²) < 4.78 is 11.3. The minimum atomic E-state index is -0.173. The number of nitrogens with zero attached hydrogens (tertiary/aromatic N) is 3. The highest BCUT2D eigenvalue weighted by Crippen LogP contribution is 2.31. The second-order valence-corrected chi connectivity index (χ2v) is 6.59. The van der Waals surface area contributed by atoms with E-state index in [1.807, 2.05) is 37.3 Å². The second kappa shape index (κ2) is 10.8. The average molecular weight is 407 g/mol. The van der Waals surface area contributed by atoms with Crippen molar-refractivity contribution >= 4 is 11.9 Å². The number of carbonyl (C=O) groups excluding carboxylic acids is 1. The van der Waals surface area contributed by atoms with Gasteiger partial charge in [-0.15, -0.1) is 0 Å². The number of anilines is 1. The maximum Gasteiger partial charge on any atom is 0.222 e. The fourth-order valence-electron chi connectivity index (χ4n) is 2.79. The maximum atomic E-state index is 12.2. The minimum Gasteiger partial charge on any atom is -0.493 e. The van der Waals surface area contributed by atoms with E-state index in [9.17, 15) is 4.79 Å². The largest absolute Gasteiger partial charge is 0.493 e. The van der Waals surface area contributed by atoms with E-state index < -0.39 is 0 Å². The molecule has 1 atom stereocenters. The van der Waals surface area contributed by atoms with Crippen LogP contribution in [0.1, 0.15) is 30.5 Å². The number of ether oxygens (including phenoxy) is 2. The van der Waals surface area contributed by atoms with Crippen LogP contribution < -0.4 is 20.1 Å². The average Bonchev–Trinajstić information content (AvgIpc) is 2.79. The molecule has 30 heavy (non-hydrogen) atoms. The van der Waals surface area contributed by atoms with E-state index >= 15 is 0 Å². The van der Waals surface area contributed by atoms with E-state index in [1.165, 1.54) is 0 Å². The molecule has 0 saturated carbocycles. The van der Waals surface area contributed by atoms with Gasteiger partial charge in [-0.1, -0.05) is 6.07 Å². The van der Waals surface area contributed by atoms with Gasteiger partial charge in [0.25, 0.3) is 0 Å². The Morgan fingerprint density at radius 1 is 1.07 bits per heavy atom. The van der Waals surface area contributed by atoms with Gasteiger partial charge in [-0.3, -0.25) is 9.78 Å². The molecule has 3 rings (SSSR count). The van der Waals surface area contributed by atoms with Crippen molar-refractivity contribution in [2.75, 3.05) is 19.0 Å². The fraction of sp³-hybridized carbons (Fsp3) is 0.273. The Hall–Kier alpha value is -3.68. The Balaban J connectivity index is 1.52. The van der Waals surface area contributed by atoms with Crippen LogP contribution in [0.15, 0.2) is 61.2 Å². The number of rotatable bonds is 10. The summed E-state index contributed by atoms with van der Waals surface area (Å²) in [6.07, 6.45) is 7.06. The first-order valence-corrected chi connectivity index (χ1v) is 9.65. The zero-order valence-electron chi connectivity index (χ0n) is 17.0. The molecule has 156 valence electrons. The number of nitrogens with one attached hydrogen (secondary N) is 2. The second-order valence-electron chi connectivity index (χ2n) is 6.59. The van der Waals surface area contributed by atoms with Crippen LogP contribution in [0.2, 0.25) is 0 Å². The normalized spacial score (nSPS) is 11.4. The molecular weight excluding hydrogens is 382 g/mol. The number of amides is 1. The first-order valence-electron chi connectivity index (χ1n) is 9.65. The molecule has 8 nitrogen and oxygen atoms in total. The Kier molecular flexibility index (Phi) is 7.54. The van der Waals surface area contributed by atoms with Gasteiger partial charge >= 0.3 is 0 Å². The molecule has 1 unspecified atom stereocenters. The third-order valence-corrected chi connectivity index (χ3v) is 4.41. The Morgan fingerprint density at radius 3 is 2.57 bits per heavy atom. The SMILES string of the molecule is COc1cc(C(C)NC(=O)CCNc2ncccn2)ccc1OCc1ccncc1. The Bertz CT molecular complexity index is 938. The third kappa shape index (κ3) is 6.16. The number of hydrogen-bond acceptors (Lipinski definition) is 7. The molecule has 1 amide bonds. The van der Waals surface area contributed by atoms with Gasteiger partial charge in [0.2, 0.25) is 11.9 Å². The lowest BCUT2D eigenvalue weighted by atomic mass is 10.1. The standard InChI is InChI=1S/C22H25N5O3/c1-16(27-21(28)8-13-26-22-24-9-3-10-25-22)18-4-5-19(20(14-18)29-2)30-15-17-6-11-23-12-7-17/h3-7,9-12,14,16H,8,13,15H2,1-2H3,(H,27,28)(H,24,25,26). The molecule has 0 bridgehead atoms. The summed E-state index contributed by atoms with van der Waals surface area (Å²) in [5, 5.41) is 6.01. The van der Waals surface area contributed by atoms with Crippen molar-refractivity contribution in [2.24, 2.45) is 0 Å². The van der Waals surface area contributed by atoms with Crippen LogP contribution in [0.25, 0.3) is 0 Å². The topological polar surface area (TPSA) is 98.3 Å². The van der Waals surface area contributed by atoms with Crippen molar-refractivity contribution in [3.63, 3.8) is 0 Å². The van der Waals surface area contributed by atoms with Gasteiger partial charge in [-0.2, -0.15) is 0 Å². The first kappa shape index (κ1) is 21.0. The molecule has 2 N–H and O–H groups in total. The minimum absolute atomic E-state index is 0.0667. The lowest BCUT2D eigenvalue weighted by Gasteiger charge is -2.17. The van der Waals surface area contributed by atoms with Crippen molar-refractivity contribution in [3.05, 3.63) is 72.3 Å². The van der Waals surface area contributed by atoms with Crippen molar-refractivity contribution in [3.8, 4) is 11.5 Å². The summed E-state index contributed by atoms with van der Waals surface area (Å²) in [4.78, 5) is 24.4. The van der Waals surface area contributed by atoms with Gasteiger partial charge in [-0.25, -0.2) is 9.97 Å². The molecule has 0 radical (unpaired) electrons. The molecule has 8 heteroatoms. The van der Waals surface area contributed by atoms with Gasteiger partial charge in [0.05, 0.1) is 13.2 Å². The Morgan fingerprint density at radius 2 is 1.83 bits per heavy atom. The number of hydrogen-bond donors (Lipinski definition) is 2. The molecule has 2 aromatic heterocycles. The number of methoxy groups -OCH3 is 1. The Labute approximate surface area is 175 Å². The summed E-state index contributed by atoms with van der Waals surface area (Å²) in [6.45, 7) is 2.80. The highest BCUT2D eigenvalue weighted by molar-refractivity contribution is 5.76. The van der Waals surface area contributed by atoms with Crippen LogP contribution >= 0.6 is 0 Å². The molecule has 3 aromatic rings. The smallest absolute Gasteiger partial charge is 0.222 e. The van der Waals surface area contributed by atoms with Crippen molar-refractivity contribution in [1.82, 2.24) is 20.3 Å². The van der Waals surface area contributed by atoms with E-state index in [2.05, 4.69) is 25.6 Å². The highest BCUT2D eigenvalue weighted by Gasteiger charge is 2.13. The number of aromatic nitrogens is 3. The van der Waals surface area contributed by atoms with Crippen molar-refractivity contribution in [1.29, 1.82) is 0 Å². The van der Waals surface area contributed by atoms with Crippen molar-refractivity contribution in [2.45, 2.75) is 26.0 Å². The zero-order chi connectivity index (χ0) is 21.2. The number of pyridine rings is 1. The van der Waals surface area contributed by atoms with E-state index in [0.717, 1.165) is 11.1 Å². The molecule has 1 aromatic carbocycles. The quantitative estimate of drug-likeness (QED) is 0.533. The molecule has 0 spiro atoms. The van der Waals surface area contributed by atoms with Gasteiger partial charge in [0.15, 0.2) is 11.5 Å². The number of carbonyl (C=O) groups is 1. The predicted molar refractivity (Wildman–Crippen MR) is 113 cm³/mol. The fourth-order valence-corrected chi connectivity index (χ4v) is 2.79. The summed E-state index contributed by atoms with van der Waals surface area (Å²) in [5.41, 5.74) is 1.95. The van der Waals surface area contributed by atoms with E-state index in [0.29, 0.717) is 37.0 Å². The monoisotopic (exact) mass is 407 g/mol. The van der Waals surface area contributed by atoms with Crippen LogP contribution in [0.3, 0.4) is 0 Å². The van der Waals surface area contributed by atoms with Crippen LogP contribution in [-0.4, -0.2) is 34.5 Å². The molecular formula is C22H25N5O3.